The summed E-state index contributed by atoms with van der Waals surface area (Å²) < 4.78 is 5.19. The van der Waals surface area contributed by atoms with Crippen LogP contribution in [0.5, 0.6) is 0 Å². The highest BCUT2D eigenvalue weighted by Gasteiger charge is 2.18. The van der Waals surface area contributed by atoms with Gasteiger partial charge in [0.1, 0.15) is 5.60 Å². The lowest BCUT2D eigenvalue weighted by atomic mass is 10.1. The zero-order valence-electron chi connectivity index (χ0n) is 13.3. The van der Waals surface area contributed by atoms with E-state index >= 15 is 0 Å². The number of para-hydroxylation sites is 1. The fraction of sp³-hybridized carbons (Fsp3) is 0.375. The molecule has 0 radical (unpaired) electrons. The summed E-state index contributed by atoms with van der Waals surface area (Å²) in [5.74, 6) is 0. The Balaban J connectivity index is 0.00000242. The normalized spacial score (nSPS) is 12.4. The van der Waals surface area contributed by atoms with Gasteiger partial charge in [0.15, 0.2) is 0 Å². The lowest BCUT2D eigenvalue weighted by Crippen LogP contribution is -2.45. The van der Waals surface area contributed by atoms with E-state index in [4.69, 9.17) is 10.5 Å². The number of hydrogen-bond acceptors (Lipinski definition) is 5. The van der Waals surface area contributed by atoms with Crippen molar-refractivity contribution < 1.29 is 9.53 Å². The Morgan fingerprint density at radius 1 is 1.32 bits per heavy atom. The number of fused-ring (bicyclic) bond motifs is 1. The number of hydrogen-bond donors (Lipinski definition) is 3. The van der Waals surface area contributed by atoms with Crippen molar-refractivity contribution in [2.24, 2.45) is 5.73 Å². The number of pyridine rings is 1. The number of carbonyl (C=O) groups is 1. The molecular weight excluding hydrogens is 280 g/mol. The van der Waals surface area contributed by atoms with E-state index in [-0.39, 0.29) is 6.15 Å². The minimum absolute atomic E-state index is 0. The van der Waals surface area contributed by atoms with Crippen molar-refractivity contribution in [1.29, 1.82) is 0 Å². The molecule has 0 aliphatic rings. The summed E-state index contributed by atoms with van der Waals surface area (Å²) in [6.45, 7) is 5.44. The fourth-order valence-electron chi connectivity index (χ4n) is 2.08. The largest absolute Gasteiger partial charge is 0.444 e. The monoisotopic (exact) mass is 304 g/mol. The van der Waals surface area contributed by atoms with Crippen LogP contribution in [0.15, 0.2) is 36.5 Å². The van der Waals surface area contributed by atoms with Gasteiger partial charge in [0, 0.05) is 18.0 Å². The molecule has 0 aliphatic heterocycles. The highest BCUT2D eigenvalue weighted by Crippen LogP contribution is 2.17. The van der Waals surface area contributed by atoms with Crippen molar-refractivity contribution in [3.8, 4) is 0 Å². The molecule has 1 amide bonds. The average molecular weight is 304 g/mol. The van der Waals surface area contributed by atoms with Crippen LogP contribution in [-0.2, 0) is 11.2 Å². The van der Waals surface area contributed by atoms with Gasteiger partial charge in [-0.25, -0.2) is 4.79 Å². The van der Waals surface area contributed by atoms with Crippen LogP contribution < -0.4 is 17.2 Å². The van der Waals surface area contributed by atoms with Crippen LogP contribution in [-0.4, -0.2) is 22.8 Å². The van der Waals surface area contributed by atoms with Crippen LogP contribution in [0.4, 0.5) is 4.79 Å². The van der Waals surface area contributed by atoms with Gasteiger partial charge in [-0.15, -0.1) is 0 Å². The first kappa shape index (κ1) is 17.9. The highest BCUT2D eigenvalue weighted by atomic mass is 16.6. The lowest BCUT2D eigenvalue weighted by Gasteiger charge is -2.22. The van der Waals surface area contributed by atoms with Gasteiger partial charge in [0.05, 0.1) is 11.7 Å². The van der Waals surface area contributed by atoms with E-state index in [2.05, 4.69) is 10.3 Å². The lowest BCUT2D eigenvalue weighted by molar-refractivity contribution is 0.0506. The molecule has 2 aromatic rings. The maximum absolute atomic E-state index is 11.7. The molecule has 120 valence electrons. The molecule has 0 aliphatic carbocycles. The van der Waals surface area contributed by atoms with Crippen LogP contribution in [0.1, 0.15) is 26.3 Å². The summed E-state index contributed by atoms with van der Waals surface area (Å²) in [4.78, 5) is 16.0. The fourth-order valence-corrected chi connectivity index (χ4v) is 2.08. The molecule has 1 aromatic carbocycles. The van der Waals surface area contributed by atoms with Crippen molar-refractivity contribution in [3.05, 3.63) is 42.1 Å². The van der Waals surface area contributed by atoms with Gasteiger partial charge >= 0.3 is 6.09 Å². The van der Waals surface area contributed by atoms with Crippen molar-refractivity contribution >= 4 is 17.0 Å². The number of amides is 1. The summed E-state index contributed by atoms with van der Waals surface area (Å²) in [5.41, 5.74) is 7.41. The van der Waals surface area contributed by atoms with Crippen LogP contribution in [0.3, 0.4) is 0 Å². The Morgan fingerprint density at radius 2 is 2.00 bits per heavy atom. The Hall–Kier alpha value is -2.18. The number of ether oxygens (including phenoxy) is 1. The van der Waals surface area contributed by atoms with E-state index in [1.54, 1.807) is 6.20 Å². The number of rotatable bonds is 3. The SMILES string of the molecule is CC(C)(C)OC(=O)NC(N)Cc1ccnc2ccccc12.N. The second kappa shape index (κ2) is 7.20. The first-order chi connectivity index (χ1) is 9.85. The molecule has 6 heteroatoms. The quantitative estimate of drug-likeness (QED) is 0.755. The first-order valence-corrected chi connectivity index (χ1v) is 6.93. The summed E-state index contributed by atoms with van der Waals surface area (Å²) in [6, 6.07) is 9.76. The molecule has 1 atom stereocenters. The zero-order chi connectivity index (χ0) is 15.5. The molecule has 6 nitrogen and oxygen atoms in total. The van der Waals surface area contributed by atoms with E-state index in [0.29, 0.717) is 6.42 Å². The molecule has 0 saturated carbocycles. The number of nitrogens with one attached hydrogen (secondary N) is 1. The molecule has 1 aromatic heterocycles. The second-order valence-electron chi connectivity index (χ2n) is 5.94. The first-order valence-electron chi connectivity index (χ1n) is 6.93. The van der Waals surface area contributed by atoms with E-state index in [1.165, 1.54) is 0 Å². The third-order valence-electron chi connectivity index (χ3n) is 2.88. The maximum Gasteiger partial charge on any atom is 0.408 e. The van der Waals surface area contributed by atoms with Crippen molar-refractivity contribution in [2.75, 3.05) is 0 Å². The maximum atomic E-state index is 11.7. The molecule has 1 unspecified atom stereocenters. The van der Waals surface area contributed by atoms with E-state index < -0.39 is 17.9 Å². The predicted molar refractivity (Wildman–Crippen MR) is 87.8 cm³/mol. The van der Waals surface area contributed by atoms with Gasteiger partial charge in [0.25, 0.3) is 0 Å². The van der Waals surface area contributed by atoms with Crippen LogP contribution in [0, 0.1) is 0 Å². The zero-order valence-corrected chi connectivity index (χ0v) is 13.3. The van der Waals surface area contributed by atoms with Crippen LogP contribution in [0.2, 0.25) is 0 Å². The molecule has 22 heavy (non-hydrogen) atoms. The van der Waals surface area contributed by atoms with Gasteiger partial charge in [-0.1, -0.05) is 18.2 Å². The van der Waals surface area contributed by atoms with Gasteiger partial charge in [0.2, 0.25) is 0 Å². The third-order valence-corrected chi connectivity index (χ3v) is 2.88. The average Bonchev–Trinajstić information content (AvgIpc) is 2.36. The Kier molecular flexibility index (Phi) is 5.84. The molecule has 0 bridgehead atoms. The number of aromatic nitrogens is 1. The van der Waals surface area contributed by atoms with Gasteiger partial charge in [-0.05, 0) is 38.5 Å². The number of benzene rings is 1. The Bertz CT molecular complexity index is 632. The standard InChI is InChI=1S/C16H21N3O2.H3N/c1-16(2,3)21-15(20)19-14(17)10-11-8-9-18-13-7-5-4-6-12(11)13;/h4-9,14H,10,17H2,1-3H3,(H,19,20);1H3. The highest BCUT2D eigenvalue weighted by molar-refractivity contribution is 5.82. The molecule has 6 N–H and O–H groups in total. The summed E-state index contributed by atoms with van der Waals surface area (Å²) in [5, 5.41) is 3.69. The van der Waals surface area contributed by atoms with Crippen LogP contribution in [0.25, 0.3) is 10.9 Å². The molecule has 0 saturated heterocycles. The number of nitrogens with two attached hydrogens (primary N) is 1. The van der Waals surface area contributed by atoms with Crippen LogP contribution >= 0.6 is 0 Å². The minimum Gasteiger partial charge on any atom is -0.444 e. The molecule has 0 fully saturated rings. The number of alkyl carbamates (subject to hydrolysis) is 1. The summed E-state index contributed by atoms with van der Waals surface area (Å²) in [6.07, 6.45) is 1.25. The van der Waals surface area contributed by atoms with Crippen molar-refractivity contribution in [1.82, 2.24) is 16.5 Å². The second-order valence-corrected chi connectivity index (χ2v) is 5.94. The van der Waals surface area contributed by atoms with E-state index in [0.717, 1.165) is 16.5 Å². The van der Waals surface area contributed by atoms with Gasteiger partial charge < -0.3 is 21.9 Å². The topological polar surface area (TPSA) is 112 Å². The van der Waals surface area contributed by atoms with Crippen molar-refractivity contribution in [3.63, 3.8) is 0 Å². The van der Waals surface area contributed by atoms with E-state index in [9.17, 15) is 4.79 Å². The minimum atomic E-state index is -0.535. The summed E-state index contributed by atoms with van der Waals surface area (Å²) in [7, 11) is 0. The third kappa shape index (κ3) is 4.98. The van der Waals surface area contributed by atoms with E-state index in [1.807, 2.05) is 51.1 Å². The predicted octanol–water partition coefficient (Wildman–Crippen LogP) is 2.75. The van der Waals surface area contributed by atoms with Gasteiger partial charge in [-0.3, -0.25) is 4.98 Å². The van der Waals surface area contributed by atoms with Crippen molar-refractivity contribution in [2.45, 2.75) is 39.0 Å². The molecule has 1 heterocycles. The molecular formula is C16H24N4O2. The Labute approximate surface area is 130 Å². The molecule has 0 spiro atoms. The number of nitrogens with zero attached hydrogens (tertiary/aromatic N) is 1. The number of carbonyl (C=O) groups excluding carboxylic acids is 1. The smallest absolute Gasteiger partial charge is 0.408 e. The molecule has 2 rings (SSSR count). The summed E-state index contributed by atoms with van der Waals surface area (Å²) >= 11 is 0. The Morgan fingerprint density at radius 3 is 2.68 bits per heavy atom. The van der Waals surface area contributed by atoms with Gasteiger partial charge in [-0.2, -0.15) is 0 Å².